The summed E-state index contributed by atoms with van der Waals surface area (Å²) in [7, 11) is 4.74. The highest BCUT2D eigenvalue weighted by Crippen LogP contribution is 2.28. The first-order chi connectivity index (χ1) is 21.4. The van der Waals surface area contributed by atoms with Gasteiger partial charge in [-0.05, 0) is 35.4 Å². The van der Waals surface area contributed by atoms with E-state index in [1.54, 1.807) is 61.7 Å². The summed E-state index contributed by atoms with van der Waals surface area (Å²) in [5.74, 6) is 2.65. The van der Waals surface area contributed by atoms with Crippen LogP contribution in [0.2, 0.25) is 5.15 Å². The zero-order chi connectivity index (χ0) is 31.1. The molecular weight excluding hydrogens is 586 g/mol. The second-order valence-corrected chi connectivity index (χ2v) is 10.6. The Morgan fingerprint density at radius 2 is 1.73 bits per heavy atom. The van der Waals surface area contributed by atoms with Crippen LogP contribution in [0.3, 0.4) is 0 Å². The molecule has 1 unspecified atom stereocenters. The number of carbonyl (C=O) groups excluding carboxylic acids is 2. The Balaban J connectivity index is 1.33. The van der Waals surface area contributed by atoms with Gasteiger partial charge in [0.1, 0.15) is 23.0 Å². The number of hydrogen-bond donors (Lipinski definition) is 1. The van der Waals surface area contributed by atoms with Crippen molar-refractivity contribution < 1.29 is 23.8 Å². The number of ether oxygens (including phenoxy) is 3. The number of piperazine rings is 1. The van der Waals surface area contributed by atoms with Gasteiger partial charge in [-0.2, -0.15) is 4.98 Å². The molecule has 2 amide bonds. The van der Waals surface area contributed by atoms with Crippen LogP contribution < -0.4 is 24.4 Å². The lowest BCUT2D eigenvalue weighted by atomic mass is 10.1. The fourth-order valence-corrected chi connectivity index (χ4v) is 5.27. The first-order valence-corrected chi connectivity index (χ1v) is 14.4. The van der Waals surface area contributed by atoms with E-state index in [4.69, 9.17) is 30.8 Å². The summed E-state index contributed by atoms with van der Waals surface area (Å²) in [6.07, 6.45) is 5.31. The molecule has 1 fully saturated rings. The molecule has 0 radical (unpaired) electrons. The number of rotatable bonds is 11. The van der Waals surface area contributed by atoms with Gasteiger partial charge in [0.25, 0.3) is 0 Å². The number of anilines is 1. The number of nitrogens with one attached hydrogen (secondary N) is 1. The number of aromatic nitrogens is 4. The van der Waals surface area contributed by atoms with Gasteiger partial charge in [0.05, 0.1) is 33.8 Å². The van der Waals surface area contributed by atoms with Gasteiger partial charge in [0.15, 0.2) is 11.5 Å². The van der Waals surface area contributed by atoms with Crippen LogP contribution in [0.1, 0.15) is 17.5 Å². The van der Waals surface area contributed by atoms with Crippen molar-refractivity contribution in [3.05, 3.63) is 83.5 Å². The Morgan fingerprint density at radius 3 is 2.43 bits per heavy atom. The van der Waals surface area contributed by atoms with Crippen molar-refractivity contribution in [2.24, 2.45) is 0 Å². The van der Waals surface area contributed by atoms with Crippen molar-refractivity contribution in [3.8, 4) is 23.2 Å². The molecule has 230 valence electrons. The van der Waals surface area contributed by atoms with Gasteiger partial charge in [-0.25, -0.2) is 9.97 Å². The van der Waals surface area contributed by atoms with E-state index in [9.17, 15) is 9.59 Å². The molecule has 13 heteroatoms. The second kappa shape index (κ2) is 14.1. The summed E-state index contributed by atoms with van der Waals surface area (Å²) in [5.41, 5.74) is 1.75. The van der Waals surface area contributed by atoms with E-state index >= 15 is 0 Å². The van der Waals surface area contributed by atoms with Crippen molar-refractivity contribution in [2.75, 3.05) is 45.9 Å². The first-order valence-electron chi connectivity index (χ1n) is 14.0. The molecule has 0 spiro atoms. The molecule has 0 saturated carbocycles. The first kappa shape index (κ1) is 30.6. The number of carbonyl (C=O) groups is 2. The molecule has 2 aromatic heterocycles. The van der Waals surface area contributed by atoms with E-state index in [2.05, 4.69) is 15.3 Å². The minimum atomic E-state index is -0.365. The topological polar surface area (TPSA) is 124 Å². The van der Waals surface area contributed by atoms with E-state index in [0.717, 1.165) is 16.9 Å². The lowest BCUT2D eigenvalue weighted by Gasteiger charge is -2.42. The number of benzene rings is 2. The third-order valence-electron chi connectivity index (χ3n) is 7.41. The summed E-state index contributed by atoms with van der Waals surface area (Å²) in [5, 5.41) is 3.26. The van der Waals surface area contributed by atoms with Gasteiger partial charge in [-0.3, -0.25) is 14.2 Å². The molecule has 2 aromatic carbocycles. The van der Waals surface area contributed by atoms with Crippen molar-refractivity contribution in [1.29, 1.82) is 0 Å². The van der Waals surface area contributed by atoms with Gasteiger partial charge < -0.3 is 29.3 Å². The van der Waals surface area contributed by atoms with Crippen LogP contribution in [-0.4, -0.2) is 83.2 Å². The van der Waals surface area contributed by atoms with E-state index in [1.807, 2.05) is 41.3 Å². The van der Waals surface area contributed by atoms with Crippen LogP contribution in [0.4, 0.5) is 5.82 Å². The molecule has 0 bridgehead atoms. The summed E-state index contributed by atoms with van der Waals surface area (Å²) in [4.78, 5) is 43.6. The highest BCUT2D eigenvalue weighted by molar-refractivity contribution is 6.29. The number of nitrogens with zero attached hydrogens (tertiary/aromatic N) is 6. The van der Waals surface area contributed by atoms with Gasteiger partial charge in [0, 0.05) is 51.1 Å². The monoisotopic (exact) mass is 619 g/mol. The van der Waals surface area contributed by atoms with Crippen molar-refractivity contribution in [1.82, 2.24) is 29.7 Å². The largest absolute Gasteiger partial charge is 0.497 e. The quantitative estimate of drug-likeness (QED) is 0.252. The lowest BCUT2D eigenvalue weighted by molar-refractivity contribution is -0.132. The number of hydrogen-bond acceptors (Lipinski definition) is 9. The molecule has 1 aliphatic heterocycles. The summed E-state index contributed by atoms with van der Waals surface area (Å²) < 4.78 is 17.6. The molecule has 4 aromatic rings. The molecule has 1 atom stereocenters. The van der Waals surface area contributed by atoms with Gasteiger partial charge in [0.2, 0.25) is 17.8 Å². The van der Waals surface area contributed by atoms with Crippen LogP contribution >= 0.6 is 11.6 Å². The Bertz CT molecular complexity index is 1580. The predicted molar refractivity (Wildman–Crippen MR) is 165 cm³/mol. The van der Waals surface area contributed by atoms with Crippen LogP contribution in [0.15, 0.2) is 67.3 Å². The highest BCUT2D eigenvalue weighted by atomic mass is 35.5. The zero-order valence-electron chi connectivity index (χ0n) is 24.8. The maximum absolute atomic E-state index is 13.4. The molecular formula is C31H34ClN7O5. The van der Waals surface area contributed by atoms with Gasteiger partial charge in [-0.1, -0.05) is 29.8 Å². The Morgan fingerprint density at radius 1 is 0.955 bits per heavy atom. The number of halogens is 1. The minimum absolute atomic E-state index is 0.0228. The van der Waals surface area contributed by atoms with Gasteiger partial charge in [-0.15, -0.1) is 0 Å². The fourth-order valence-electron chi connectivity index (χ4n) is 5.10. The maximum Gasteiger partial charge on any atom is 0.238 e. The van der Waals surface area contributed by atoms with Crippen LogP contribution in [0.5, 0.6) is 17.2 Å². The average Bonchev–Trinajstić information content (AvgIpc) is 3.59. The number of methoxy groups -OCH3 is 3. The average molecular weight is 620 g/mol. The van der Waals surface area contributed by atoms with Crippen molar-refractivity contribution in [3.63, 3.8) is 0 Å². The van der Waals surface area contributed by atoms with Crippen molar-refractivity contribution in [2.45, 2.75) is 25.4 Å². The lowest BCUT2D eigenvalue weighted by Crippen LogP contribution is -2.56. The van der Waals surface area contributed by atoms with E-state index in [-0.39, 0.29) is 35.9 Å². The molecule has 3 heterocycles. The maximum atomic E-state index is 13.4. The normalized spacial score (nSPS) is 14.7. The zero-order valence-corrected chi connectivity index (χ0v) is 25.5. The molecule has 1 saturated heterocycles. The third-order valence-corrected chi connectivity index (χ3v) is 7.60. The van der Waals surface area contributed by atoms with Gasteiger partial charge >= 0.3 is 0 Å². The van der Waals surface area contributed by atoms with E-state index in [1.165, 1.54) is 0 Å². The smallest absolute Gasteiger partial charge is 0.238 e. The molecule has 44 heavy (non-hydrogen) atoms. The highest BCUT2D eigenvalue weighted by Gasteiger charge is 2.32. The molecule has 1 aliphatic rings. The summed E-state index contributed by atoms with van der Waals surface area (Å²) in [6.45, 7) is 1.55. The Labute approximate surface area is 260 Å². The molecule has 1 N–H and O–H groups in total. The second-order valence-electron chi connectivity index (χ2n) is 10.2. The standard InChI is InChI=1S/C31H34ClN7O5/c1-42-24-7-4-21(5-8-24)15-30(41)37-12-13-39(28-17-27(32)35-31(36-28)38-11-10-33-20-38)23(19-37)16-29(40)34-18-22-6-9-25(43-2)26(14-22)44-3/h4-11,14,17,20,23H,12-13,15-16,18-19H2,1-3H3,(H,34,40). The van der Waals surface area contributed by atoms with Crippen molar-refractivity contribution >= 4 is 29.2 Å². The Hall–Kier alpha value is -4.84. The van der Waals surface area contributed by atoms with E-state index < -0.39 is 0 Å². The molecule has 12 nitrogen and oxygen atoms in total. The van der Waals surface area contributed by atoms with Crippen LogP contribution in [0.25, 0.3) is 5.95 Å². The minimum Gasteiger partial charge on any atom is -0.497 e. The Kier molecular flexibility index (Phi) is 9.80. The predicted octanol–water partition coefficient (Wildman–Crippen LogP) is 3.31. The molecule has 0 aliphatic carbocycles. The van der Waals surface area contributed by atoms with E-state index in [0.29, 0.717) is 49.4 Å². The summed E-state index contributed by atoms with van der Waals surface area (Å²) in [6, 6.07) is 14.2. The van der Waals surface area contributed by atoms with Crippen LogP contribution in [-0.2, 0) is 22.6 Å². The SMILES string of the molecule is COc1ccc(CC(=O)N2CCN(c3cc(Cl)nc(-n4ccnc4)n3)C(CC(=O)NCc3ccc(OC)c(OC)c3)C2)cc1. The fraction of sp³-hybridized carbons (Fsp3) is 0.323. The summed E-state index contributed by atoms with van der Waals surface area (Å²) >= 11 is 6.41. The number of amides is 2. The third kappa shape index (κ3) is 7.38. The van der Waals surface area contributed by atoms with Crippen LogP contribution in [0, 0.1) is 0 Å². The number of imidazole rings is 1. The molecule has 5 rings (SSSR count).